The van der Waals surface area contributed by atoms with Crippen LogP contribution < -0.4 is 10.6 Å². The maximum atomic E-state index is 14.1. The molecule has 6 rings (SSSR count). The molecule has 2 atom stereocenters. The molecule has 3 amide bonds. The average Bonchev–Trinajstić information content (AvgIpc) is 3.59. The van der Waals surface area contributed by atoms with Crippen molar-refractivity contribution in [3.63, 3.8) is 0 Å². The van der Waals surface area contributed by atoms with Crippen LogP contribution in [0.4, 0.5) is 5.69 Å². The number of carbonyl (C=O) groups excluding carboxylic acids is 3. The summed E-state index contributed by atoms with van der Waals surface area (Å²) >= 11 is 6.19. The predicted octanol–water partition coefficient (Wildman–Crippen LogP) is 5.56. The molecule has 5 aromatic rings. The highest BCUT2D eigenvalue weighted by Crippen LogP contribution is 2.33. The number of nitrogens with zero attached hydrogens (tertiary/aromatic N) is 4. The summed E-state index contributed by atoms with van der Waals surface area (Å²) in [6, 6.07) is 29.2. The quantitative estimate of drug-likeness (QED) is 0.170. The molecule has 0 spiro atoms. The topological polar surface area (TPSA) is 150 Å². The van der Waals surface area contributed by atoms with Gasteiger partial charge >= 0.3 is 0 Å². The SMILES string of the molecule is N#CCCn1cc(C#Cc2ccc(NC(=O)[C@@H]3COCCN3C(=O)[C@H](NC(=O)c3ccccc3)c3ccccc3)cc2)c(-c2cc(Cl)ccc2O)n1. The number of ether oxygens (including phenoxy) is 1. The summed E-state index contributed by atoms with van der Waals surface area (Å²) in [5.74, 6) is 4.91. The third-order valence-corrected chi connectivity index (χ3v) is 8.56. The Bertz CT molecular complexity index is 2170. The average molecular weight is 713 g/mol. The fourth-order valence-electron chi connectivity index (χ4n) is 5.68. The lowest BCUT2D eigenvalue weighted by Crippen LogP contribution is -2.57. The molecule has 11 nitrogen and oxygen atoms in total. The van der Waals surface area contributed by atoms with Crippen LogP contribution in [-0.4, -0.2) is 63.3 Å². The van der Waals surface area contributed by atoms with E-state index < -0.39 is 29.8 Å². The summed E-state index contributed by atoms with van der Waals surface area (Å²) in [4.78, 5) is 42.3. The highest BCUT2D eigenvalue weighted by Gasteiger charge is 2.37. The lowest BCUT2D eigenvalue weighted by molar-refractivity contribution is -0.148. The first kappa shape index (κ1) is 35.4. The molecule has 1 fully saturated rings. The van der Waals surface area contributed by atoms with Crippen molar-refractivity contribution in [2.24, 2.45) is 0 Å². The number of nitrogens with one attached hydrogen (secondary N) is 2. The van der Waals surface area contributed by atoms with Gasteiger partial charge in [-0.05, 0) is 60.2 Å². The van der Waals surface area contributed by atoms with Gasteiger partial charge in [-0.15, -0.1) is 0 Å². The van der Waals surface area contributed by atoms with Crippen LogP contribution in [0.15, 0.2) is 109 Å². The maximum absolute atomic E-state index is 14.1. The Hall–Kier alpha value is -6.40. The number of phenolic OH excluding ortho intramolecular Hbond substituents is 1. The number of aryl methyl sites for hydroxylation is 1. The summed E-state index contributed by atoms with van der Waals surface area (Å²) in [6.07, 6.45) is 1.96. The number of amides is 3. The number of rotatable bonds is 9. The molecule has 12 heteroatoms. The summed E-state index contributed by atoms with van der Waals surface area (Å²) < 4.78 is 7.22. The molecule has 260 valence electrons. The first-order valence-corrected chi connectivity index (χ1v) is 16.8. The molecule has 0 saturated carbocycles. The standard InChI is InChI=1S/C40H33ClN6O5/c41-31-16-19-35(48)33(24-31)36-30(25-46(45-36)21-7-20-42)15-12-27-13-17-32(18-14-27)43-39(50)34-26-52-23-22-47(34)40(51)37(28-8-3-1-4-9-28)44-38(49)29-10-5-2-6-11-29/h1-6,8-11,13-14,16-19,24-25,34,37,48H,7,21-23,26H2,(H,43,50)(H,44,49)/t34-,37+/m0/s1. The van der Waals surface area contributed by atoms with Crippen molar-refractivity contribution in [1.82, 2.24) is 20.0 Å². The highest BCUT2D eigenvalue weighted by molar-refractivity contribution is 6.31. The van der Waals surface area contributed by atoms with Gasteiger partial charge in [0.15, 0.2) is 0 Å². The number of aromatic nitrogens is 2. The monoisotopic (exact) mass is 712 g/mol. The van der Waals surface area contributed by atoms with Crippen LogP contribution in [0.2, 0.25) is 5.02 Å². The van der Waals surface area contributed by atoms with Gasteiger partial charge < -0.3 is 25.4 Å². The van der Waals surface area contributed by atoms with Gasteiger partial charge in [-0.3, -0.25) is 19.1 Å². The number of phenols is 1. The zero-order valence-corrected chi connectivity index (χ0v) is 28.6. The molecular formula is C40H33ClN6O5. The van der Waals surface area contributed by atoms with Crippen molar-refractivity contribution in [2.75, 3.05) is 25.1 Å². The van der Waals surface area contributed by atoms with Crippen molar-refractivity contribution in [2.45, 2.75) is 25.0 Å². The van der Waals surface area contributed by atoms with Crippen LogP contribution in [0.5, 0.6) is 5.75 Å². The summed E-state index contributed by atoms with van der Waals surface area (Å²) in [7, 11) is 0. The molecule has 0 bridgehead atoms. The van der Waals surface area contributed by atoms with E-state index in [-0.39, 0.29) is 31.9 Å². The number of morpholine rings is 1. The van der Waals surface area contributed by atoms with Crippen LogP contribution in [-0.2, 0) is 20.9 Å². The lowest BCUT2D eigenvalue weighted by Gasteiger charge is -2.37. The van der Waals surface area contributed by atoms with Crippen molar-refractivity contribution in [3.05, 3.63) is 137 Å². The van der Waals surface area contributed by atoms with Crippen LogP contribution >= 0.6 is 11.6 Å². The molecule has 1 aliphatic rings. The molecule has 0 aliphatic carbocycles. The maximum Gasteiger partial charge on any atom is 0.252 e. The third-order valence-electron chi connectivity index (χ3n) is 8.33. The van der Waals surface area contributed by atoms with E-state index in [0.717, 1.165) is 0 Å². The van der Waals surface area contributed by atoms with Crippen LogP contribution in [0.25, 0.3) is 11.3 Å². The summed E-state index contributed by atoms with van der Waals surface area (Å²) in [5, 5.41) is 30.2. The zero-order chi connectivity index (χ0) is 36.5. The Labute approximate surface area is 305 Å². The Morgan fingerprint density at radius 2 is 1.71 bits per heavy atom. The van der Waals surface area contributed by atoms with E-state index in [1.807, 2.05) is 6.07 Å². The molecule has 3 N–H and O–H groups in total. The van der Waals surface area contributed by atoms with Crippen LogP contribution in [0.1, 0.15) is 39.5 Å². The molecule has 52 heavy (non-hydrogen) atoms. The smallest absolute Gasteiger partial charge is 0.252 e. The Morgan fingerprint density at radius 1 is 0.981 bits per heavy atom. The number of hydrogen-bond acceptors (Lipinski definition) is 7. The van der Waals surface area contributed by atoms with Crippen molar-refractivity contribution in [3.8, 4) is 34.9 Å². The van der Waals surface area contributed by atoms with Crippen LogP contribution in [0, 0.1) is 23.2 Å². The van der Waals surface area contributed by atoms with E-state index in [9.17, 15) is 19.5 Å². The van der Waals surface area contributed by atoms with Gasteiger partial charge in [0.1, 0.15) is 23.5 Å². The second-order valence-corrected chi connectivity index (χ2v) is 12.3. The van der Waals surface area contributed by atoms with E-state index >= 15 is 0 Å². The highest BCUT2D eigenvalue weighted by atomic mass is 35.5. The number of halogens is 1. The second-order valence-electron chi connectivity index (χ2n) is 11.8. The minimum atomic E-state index is -1.03. The van der Waals surface area contributed by atoms with Gasteiger partial charge in [0.05, 0.1) is 37.8 Å². The van der Waals surface area contributed by atoms with E-state index in [4.69, 9.17) is 21.6 Å². The van der Waals surface area contributed by atoms with E-state index in [0.29, 0.717) is 50.8 Å². The molecule has 4 aromatic carbocycles. The summed E-state index contributed by atoms with van der Waals surface area (Å²) in [5.41, 5.74) is 3.50. The lowest BCUT2D eigenvalue weighted by atomic mass is 10.0. The number of nitriles is 1. The minimum absolute atomic E-state index is 0.00534. The second kappa shape index (κ2) is 16.5. The number of anilines is 1. The van der Waals surface area contributed by atoms with Gasteiger partial charge in [0.25, 0.3) is 11.8 Å². The van der Waals surface area contributed by atoms with Gasteiger partial charge in [-0.25, -0.2) is 0 Å². The van der Waals surface area contributed by atoms with E-state index in [2.05, 4.69) is 33.6 Å². The fraction of sp³-hybridized carbons (Fsp3) is 0.175. The predicted molar refractivity (Wildman–Crippen MR) is 195 cm³/mol. The van der Waals surface area contributed by atoms with Gasteiger partial charge in [-0.2, -0.15) is 10.4 Å². The Morgan fingerprint density at radius 3 is 2.44 bits per heavy atom. The van der Waals surface area contributed by atoms with Crippen molar-refractivity contribution >= 4 is 35.0 Å². The number of carbonyl (C=O) groups is 3. The third kappa shape index (κ3) is 8.48. The molecule has 1 aliphatic heterocycles. The number of aromatic hydroxyl groups is 1. The van der Waals surface area contributed by atoms with Gasteiger partial charge in [0, 0.05) is 40.1 Å². The normalized spacial score (nSPS) is 14.3. The number of benzene rings is 4. The van der Waals surface area contributed by atoms with Crippen LogP contribution in [0.3, 0.4) is 0 Å². The van der Waals surface area contributed by atoms with Crippen molar-refractivity contribution in [1.29, 1.82) is 5.26 Å². The summed E-state index contributed by atoms with van der Waals surface area (Å²) in [6.45, 7) is 0.748. The molecular weight excluding hydrogens is 680 g/mol. The first-order valence-electron chi connectivity index (χ1n) is 16.5. The van der Waals surface area contributed by atoms with E-state index in [1.165, 1.54) is 11.0 Å². The molecule has 1 saturated heterocycles. The molecule has 0 radical (unpaired) electrons. The Balaban J connectivity index is 1.18. The Kier molecular flexibility index (Phi) is 11.3. The fourth-order valence-corrected chi connectivity index (χ4v) is 5.85. The minimum Gasteiger partial charge on any atom is -0.507 e. The zero-order valence-electron chi connectivity index (χ0n) is 27.8. The van der Waals surface area contributed by atoms with Gasteiger partial charge in [-0.1, -0.05) is 72.0 Å². The molecule has 2 heterocycles. The van der Waals surface area contributed by atoms with Crippen molar-refractivity contribution < 1.29 is 24.2 Å². The first-order chi connectivity index (χ1) is 25.3. The van der Waals surface area contributed by atoms with Gasteiger partial charge in [0.2, 0.25) is 5.91 Å². The molecule has 0 unspecified atom stereocenters. The number of hydrogen-bond donors (Lipinski definition) is 3. The largest absolute Gasteiger partial charge is 0.507 e. The van der Waals surface area contributed by atoms with E-state index in [1.54, 1.807) is 102 Å². The molecule has 1 aromatic heterocycles.